The average molecular weight is 919 g/mol. The van der Waals surface area contributed by atoms with Crippen molar-refractivity contribution in [2.75, 3.05) is 0 Å². The van der Waals surface area contributed by atoms with E-state index in [0.29, 0.717) is 11.1 Å². The van der Waals surface area contributed by atoms with Crippen LogP contribution in [0.2, 0.25) is 0 Å². The highest BCUT2D eigenvalue weighted by atomic mass is 16.3. The highest BCUT2D eigenvalue weighted by molar-refractivity contribution is 6.25. The molecule has 0 heterocycles. The Labute approximate surface area is 407 Å². The first kappa shape index (κ1) is 43.9. The molecule has 12 rings (SSSR count). The highest BCUT2D eigenvalue weighted by Gasteiger charge is 2.47. The lowest BCUT2D eigenvalue weighted by Gasteiger charge is -2.35. The van der Waals surface area contributed by atoms with Gasteiger partial charge in [-0.3, -0.25) is 0 Å². The first-order valence-electron chi connectivity index (χ1n) is 24.1. The van der Waals surface area contributed by atoms with Gasteiger partial charge in [-0.05, 0) is 164 Å². The van der Waals surface area contributed by atoms with Crippen LogP contribution < -0.4 is 0 Å². The van der Waals surface area contributed by atoms with E-state index in [1.54, 1.807) is 24.3 Å². The summed E-state index contributed by atoms with van der Waals surface area (Å²) in [5.74, 6) is -0.358. The van der Waals surface area contributed by atoms with E-state index in [1.807, 2.05) is 12.1 Å². The molecule has 2 aliphatic rings. The van der Waals surface area contributed by atoms with Gasteiger partial charge in [-0.25, -0.2) is 0 Å². The zero-order valence-electron chi connectivity index (χ0n) is 39.9. The summed E-state index contributed by atoms with van der Waals surface area (Å²) in [6.07, 6.45) is 0. The molecule has 70 heavy (non-hydrogen) atoms. The van der Waals surface area contributed by atoms with Gasteiger partial charge in [0.15, 0.2) is 0 Å². The second kappa shape index (κ2) is 15.6. The molecule has 0 radical (unpaired) electrons. The normalized spacial score (nSPS) is 14.4. The second-order valence-electron chi connectivity index (χ2n) is 21.1. The maximum absolute atomic E-state index is 11.2. The van der Waals surface area contributed by atoms with Gasteiger partial charge in [-0.15, -0.1) is 0 Å². The Balaban J connectivity index is 1.01. The van der Waals surface area contributed by atoms with Crippen molar-refractivity contribution in [3.05, 3.63) is 213 Å². The van der Waals surface area contributed by atoms with E-state index in [0.717, 1.165) is 33.4 Å². The molecular weight excluding hydrogens is 865 g/mol. The summed E-state index contributed by atoms with van der Waals surface area (Å²) in [5, 5.41) is 72.3. The molecule has 0 unspecified atom stereocenters. The molecule has 0 aromatic heterocycles. The first-order chi connectivity index (χ1) is 33.7. The van der Waals surface area contributed by atoms with Crippen LogP contribution in [0.15, 0.2) is 152 Å². The van der Waals surface area contributed by atoms with Gasteiger partial charge in [-0.2, -0.15) is 0 Å². The maximum atomic E-state index is 11.2. The standard InChI is InChI=1S/C64H54O6/c1-62(2,3)45-22-39-11-10-35-12-17-48(53-21-16-40(23-45)58(39)59(35)53)38-15-20-51-50-18-13-36(28-55(50)63(4,5)56(51)30-38)37-14-19-52-49-8-6-7-9-54(49)64(57(52)29-37,46-24-41(31-65)60(69)42(25-46)32-66)47-26-43(33-67)61(70)44(27-47)34-68/h6-30,65-70H,31-34H2,1-5H3. The quantitative estimate of drug-likeness (QED) is 0.0845. The topological polar surface area (TPSA) is 121 Å². The van der Waals surface area contributed by atoms with Crippen LogP contribution in [-0.2, 0) is 42.7 Å². The minimum absolute atomic E-state index is 0.0454. The minimum atomic E-state index is -1.14. The summed E-state index contributed by atoms with van der Waals surface area (Å²) in [6.45, 7) is 9.58. The largest absolute Gasteiger partial charge is 0.507 e. The van der Waals surface area contributed by atoms with Crippen molar-refractivity contribution >= 4 is 32.3 Å². The average Bonchev–Trinajstić information content (AvgIpc) is 3.79. The van der Waals surface area contributed by atoms with Gasteiger partial charge in [0.05, 0.1) is 31.8 Å². The van der Waals surface area contributed by atoms with Crippen LogP contribution in [0.5, 0.6) is 11.5 Å². The number of aromatic hydroxyl groups is 2. The number of rotatable bonds is 8. The number of hydrogen-bond donors (Lipinski definition) is 6. The van der Waals surface area contributed by atoms with Crippen LogP contribution >= 0.6 is 0 Å². The Morgan fingerprint density at radius 3 is 1.37 bits per heavy atom. The number of hydrogen-bond acceptors (Lipinski definition) is 6. The molecule has 0 aliphatic heterocycles. The van der Waals surface area contributed by atoms with Gasteiger partial charge in [0.25, 0.3) is 0 Å². The van der Waals surface area contributed by atoms with E-state index >= 15 is 0 Å². The van der Waals surface area contributed by atoms with Crippen molar-refractivity contribution in [1.82, 2.24) is 0 Å². The van der Waals surface area contributed by atoms with Crippen molar-refractivity contribution in [2.45, 2.75) is 77.3 Å². The fraction of sp³-hybridized carbons (Fsp3) is 0.188. The zero-order chi connectivity index (χ0) is 48.6. The summed E-state index contributed by atoms with van der Waals surface area (Å²) >= 11 is 0. The molecule has 0 fully saturated rings. The van der Waals surface area contributed by atoms with E-state index in [4.69, 9.17) is 0 Å². The van der Waals surface area contributed by atoms with Gasteiger partial charge < -0.3 is 30.6 Å². The predicted molar refractivity (Wildman–Crippen MR) is 282 cm³/mol. The van der Waals surface area contributed by atoms with Crippen molar-refractivity contribution in [3.63, 3.8) is 0 Å². The summed E-state index contributed by atoms with van der Waals surface area (Å²) in [6, 6.07) is 53.8. The molecule has 0 atom stereocenters. The van der Waals surface area contributed by atoms with Crippen LogP contribution in [0.25, 0.3) is 76.8 Å². The van der Waals surface area contributed by atoms with Crippen LogP contribution in [0.4, 0.5) is 0 Å². The number of benzene rings is 10. The Morgan fingerprint density at radius 2 is 0.829 bits per heavy atom. The van der Waals surface area contributed by atoms with Crippen molar-refractivity contribution < 1.29 is 30.6 Å². The molecule has 10 aromatic rings. The molecular formula is C64H54O6. The summed E-state index contributed by atoms with van der Waals surface area (Å²) < 4.78 is 0. The molecule has 0 bridgehead atoms. The van der Waals surface area contributed by atoms with Crippen LogP contribution in [-0.4, -0.2) is 30.6 Å². The third kappa shape index (κ3) is 6.14. The lowest BCUT2D eigenvalue weighted by molar-refractivity contribution is 0.263. The smallest absolute Gasteiger partial charge is 0.126 e. The summed E-state index contributed by atoms with van der Waals surface area (Å²) in [5.41, 5.74) is 15.4. The van der Waals surface area contributed by atoms with E-state index in [1.165, 1.54) is 71.3 Å². The van der Waals surface area contributed by atoms with Gasteiger partial charge >= 0.3 is 0 Å². The van der Waals surface area contributed by atoms with E-state index < -0.39 is 31.8 Å². The zero-order valence-corrected chi connectivity index (χ0v) is 39.9. The molecule has 0 saturated heterocycles. The SMILES string of the molecule is CC(C)(C)c1cc2ccc3ccc(-c4ccc5c(c4)C(C)(C)c4cc(-c6ccc7c(c6)C(c6cc(CO)c(O)c(CO)c6)(c6cc(CO)c(O)c(CO)c6)c6ccccc6-7)ccc4-5)c4ccc(c1)c2c34. The van der Waals surface area contributed by atoms with Crippen molar-refractivity contribution in [2.24, 2.45) is 0 Å². The Kier molecular flexibility index (Phi) is 9.79. The second-order valence-corrected chi connectivity index (χ2v) is 21.1. The van der Waals surface area contributed by atoms with Gasteiger partial charge in [0, 0.05) is 27.7 Å². The maximum Gasteiger partial charge on any atom is 0.126 e. The third-order valence-electron chi connectivity index (χ3n) is 15.9. The fourth-order valence-corrected chi connectivity index (χ4v) is 12.3. The van der Waals surface area contributed by atoms with Crippen molar-refractivity contribution in [1.29, 1.82) is 0 Å². The number of aliphatic hydroxyl groups is 4. The fourth-order valence-electron chi connectivity index (χ4n) is 12.3. The lowest BCUT2D eigenvalue weighted by atomic mass is 9.66. The summed E-state index contributed by atoms with van der Waals surface area (Å²) in [4.78, 5) is 0. The molecule has 6 N–H and O–H groups in total. The molecule has 346 valence electrons. The van der Waals surface area contributed by atoms with E-state index in [2.05, 4.69) is 150 Å². The van der Waals surface area contributed by atoms with Gasteiger partial charge in [-0.1, -0.05) is 144 Å². The van der Waals surface area contributed by atoms with Gasteiger partial charge in [0.2, 0.25) is 0 Å². The molecule has 0 amide bonds. The number of aliphatic hydroxyl groups excluding tert-OH is 4. The third-order valence-corrected chi connectivity index (χ3v) is 15.9. The Hall–Kier alpha value is -7.32. The lowest BCUT2D eigenvalue weighted by Crippen LogP contribution is -2.29. The molecule has 0 saturated carbocycles. The molecule has 0 spiro atoms. The first-order valence-corrected chi connectivity index (χ1v) is 24.1. The molecule has 6 nitrogen and oxygen atoms in total. The predicted octanol–water partition coefficient (Wildman–Crippen LogP) is 13.3. The Bertz CT molecular complexity index is 3680. The monoisotopic (exact) mass is 918 g/mol. The van der Waals surface area contributed by atoms with Crippen LogP contribution in [0, 0.1) is 0 Å². The van der Waals surface area contributed by atoms with E-state index in [-0.39, 0.29) is 44.6 Å². The van der Waals surface area contributed by atoms with Crippen LogP contribution in [0.3, 0.4) is 0 Å². The Morgan fingerprint density at radius 1 is 0.400 bits per heavy atom. The number of fused-ring (bicyclic) bond motifs is 6. The van der Waals surface area contributed by atoms with Gasteiger partial charge in [0.1, 0.15) is 11.5 Å². The van der Waals surface area contributed by atoms with Crippen LogP contribution in [0.1, 0.15) is 95.8 Å². The highest BCUT2D eigenvalue weighted by Crippen LogP contribution is 2.59. The van der Waals surface area contributed by atoms with E-state index in [9.17, 15) is 30.6 Å². The molecule has 10 aromatic carbocycles. The molecule has 2 aliphatic carbocycles. The van der Waals surface area contributed by atoms with Crippen molar-refractivity contribution in [3.8, 4) is 56.0 Å². The minimum Gasteiger partial charge on any atom is -0.507 e. The molecule has 6 heteroatoms. The summed E-state index contributed by atoms with van der Waals surface area (Å²) in [7, 11) is 0. The number of phenols is 2.